The zero-order valence-corrected chi connectivity index (χ0v) is 9.91. The number of ketones is 1. The highest BCUT2D eigenvalue weighted by molar-refractivity contribution is 6.31. The Morgan fingerprint density at radius 1 is 1.38 bits per heavy atom. The van der Waals surface area contributed by atoms with Crippen molar-refractivity contribution in [3.05, 3.63) is 34.3 Å². The monoisotopic (exact) mass is 240 g/mol. The lowest BCUT2D eigenvalue weighted by Crippen LogP contribution is -2.13. The van der Waals surface area contributed by atoms with Gasteiger partial charge in [-0.05, 0) is 17.7 Å². The summed E-state index contributed by atoms with van der Waals surface area (Å²) in [5, 5.41) is 9.33. The van der Waals surface area contributed by atoms with Crippen molar-refractivity contribution in [1.29, 1.82) is 0 Å². The molecule has 0 saturated heterocycles. The third kappa shape index (κ3) is 3.07. The van der Waals surface area contributed by atoms with Gasteiger partial charge in [0.15, 0.2) is 0 Å². The Kier molecular flexibility index (Phi) is 4.07. The number of carbonyl (C=O) groups is 2. The second kappa shape index (κ2) is 5.12. The predicted octanol–water partition coefficient (Wildman–Crippen LogP) is 2.81. The van der Waals surface area contributed by atoms with Crippen LogP contribution in [0.4, 0.5) is 0 Å². The summed E-state index contributed by atoms with van der Waals surface area (Å²) < 4.78 is 0. The van der Waals surface area contributed by atoms with Crippen LogP contribution in [0.15, 0.2) is 18.2 Å². The first kappa shape index (κ1) is 12.7. The van der Waals surface area contributed by atoms with E-state index in [0.717, 1.165) is 0 Å². The van der Waals surface area contributed by atoms with E-state index < -0.39 is 5.97 Å². The first-order chi connectivity index (χ1) is 7.41. The number of hydrogen-bond donors (Lipinski definition) is 1. The van der Waals surface area contributed by atoms with Crippen LogP contribution in [0.3, 0.4) is 0 Å². The Bertz CT molecular complexity index is 424. The fraction of sp³-hybridized carbons (Fsp3) is 0.333. The van der Waals surface area contributed by atoms with Crippen LogP contribution in [0.5, 0.6) is 0 Å². The molecule has 0 unspecified atom stereocenters. The zero-order valence-electron chi connectivity index (χ0n) is 9.16. The molecule has 0 saturated carbocycles. The Morgan fingerprint density at radius 3 is 2.50 bits per heavy atom. The Hall–Kier alpha value is -1.35. The summed E-state index contributed by atoms with van der Waals surface area (Å²) in [7, 11) is 0. The Balaban J connectivity index is 3.04. The van der Waals surface area contributed by atoms with Crippen molar-refractivity contribution >= 4 is 23.4 Å². The SMILES string of the molecule is CC(C)C(=O)Cc1ccc(Cl)cc1C(=O)O. The van der Waals surface area contributed by atoms with E-state index >= 15 is 0 Å². The number of carboxylic acids is 1. The summed E-state index contributed by atoms with van der Waals surface area (Å²) >= 11 is 5.71. The van der Waals surface area contributed by atoms with Crippen LogP contribution in [-0.2, 0) is 11.2 Å². The van der Waals surface area contributed by atoms with Gasteiger partial charge in [-0.1, -0.05) is 31.5 Å². The van der Waals surface area contributed by atoms with E-state index in [0.29, 0.717) is 10.6 Å². The molecule has 0 aliphatic heterocycles. The maximum absolute atomic E-state index is 11.5. The molecule has 0 amide bonds. The minimum Gasteiger partial charge on any atom is -0.478 e. The van der Waals surface area contributed by atoms with Crippen LogP contribution in [0.1, 0.15) is 29.8 Å². The number of rotatable bonds is 4. The molecule has 0 aliphatic carbocycles. The third-order valence-electron chi connectivity index (χ3n) is 2.31. The molecule has 0 fully saturated rings. The van der Waals surface area contributed by atoms with Gasteiger partial charge in [0, 0.05) is 17.4 Å². The van der Waals surface area contributed by atoms with Crippen LogP contribution >= 0.6 is 11.6 Å². The minimum atomic E-state index is -1.06. The van der Waals surface area contributed by atoms with Crippen LogP contribution < -0.4 is 0 Å². The molecule has 1 rings (SSSR count). The molecule has 0 atom stereocenters. The van der Waals surface area contributed by atoms with Crippen molar-refractivity contribution in [2.75, 3.05) is 0 Å². The van der Waals surface area contributed by atoms with Gasteiger partial charge in [0.1, 0.15) is 5.78 Å². The first-order valence-corrected chi connectivity index (χ1v) is 5.34. The summed E-state index contributed by atoms with van der Waals surface area (Å²) in [5.41, 5.74) is 0.608. The summed E-state index contributed by atoms with van der Waals surface area (Å²) in [6, 6.07) is 4.55. The fourth-order valence-electron chi connectivity index (χ4n) is 1.29. The minimum absolute atomic E-state index is 0.0184. The lowest BCUT2D eigenvalue weighted by Gasteiger charge is -2.07. The number of carbonyl (C=O) groups excluding carboxylic acids is 1. The summed E-state index contributed by atoms with van der Waals surface area (Å²) in [5.74, 6) is -1.14. The first-order valence-electron chi connectivity index (χ1n) is 4.96. The molecule has 0 heterocycles. The zero-order chi connectivity index (χ0) is 12.3. The van der Waals surface area contributed by atoms with Crippen molar-refractivity contribution in [3.8, 4) is 0 Å². The lowest BCUT2D eigenvalue weighted by atomic mass is 9.97. The van der Waals surface area contributed by atoms with Crippen LogP contribution in [0, 0.1) is 5.92 Å². The largest absolute Gasteiger partial charge is 0.478 e. The van der Waals surface area contributed by atoms with Gasteiger partial charge in [-0.25, -0.2) is 4.79 Å². The molecular weight excluding hydrogens is 228 g/mol. The molecule has 3 nitrogen and oxygen atoms in total. The molecule has 4 heteroatoms. The van der Waals surface area contributed by atoms with E-state index in [1.165, 1.54) is 6.07 Å². The van der Waals surface area contributed by atoms with E-state index in [2.05, 4.69) is 0 Å². The smallest absolute Gasteiger partial charge is 0.336 e. The molecule has 0 bridgehead atoms. The highest BCUT2D eigenvalue weighted by Crippen LogP contribution is 2.18. The van der Waals surface area contributed by atoms with Gasteiger partial charge in [-0.2, -0.15) is 0 Å². The molecule has 16 heavy (non-hydrogen) atoms. The van der Waals surface area contributed by atoms with Crippen molar-refractivity contribution in [1.82, 2.24) is 0 Å². The van der Waals surface area contributed by atoms with Crippen molar-refractivity contribution in [3.63, 3.8) is 0 Å². The van der Waals surface area contributed by atoms with Gasteiger partial charge in [0.25, 0.3) is 0 Å². The van der Waals surface area contributed by atoms with Gasteiger partial charge >= 0.3 is 5.97 Å². The Labute approximate surface area is 99.0 Å². The predicted molar refractivity (Wildman–Crippen MR) is 62.0 cm³/mol. The molecule has 1 N–H and O–H groups in total. The topological polar surface area (TPSA) is 54.4 Å². The molecule has 1 aromatic rings. The van der Waals surface area contributed by atoms with Gasteiger partial charge in [0.2, 0.25) is 0 Å². The second-order valence-electron chi connectivity index (χ2n) is 3.90. The summed E-state index contributed by atoms with van der Waals surface area (Å²) in [4.78, 5) is 22.5. The lowest BCUT2D eigenvalue weighted by molar-refractivity contribution is -0.121. The molecule has 0 radical (unpaired) electrons. The van der Waals surface area contributed by atoms with E-state index in [9.17, 15) is 9.59 Å². The molecule has 0 aromatic heterocycles. The van der Waals surface area contributed by atoms with E-state index in [-0.39, 0.29) is 23.7 Å². The summed E-state index contributed by atoms with van der Waals surface area (Å²) in [6.07, 6.45) is 0.135. The summed E-state index contributed by atoms with van der Waals surface area (Å²) in [6.45, 7) is 3.58. The van der Waals surface area contributed by atoms with Crippen LogP contribution in [-0.4, -0.2) is 16.9 Å². The maximum Gasteiger partial charge on any atom is 0.336 e. The van der Waals surface area contributed by atoms with Gasteiger partial charge < -0.3 is 5.11 Å². The standard InChI is InChI=1S/C12H13ClO3/c1-7(2)11(14)5-8-3-4-9(13)6-10(8)12(15)16/h3-4,6-7H,5H2,1-2H3,(H,15,16). The van der Waals surface area contributed by atoms with E-state index in [1.807, 2.05) is 0 Å². The molecule has 0 aliphatic rings. The number of halogens is 1. The maximum atomic E-state index is 11.5. The average Bonchev–Trinajstić information content (AvgIpc) is 2.20. The van der Waals surface area contributed by atoms with Gasteiger partial charge in [-0.3, -0.25) is 4.79 Å². The van der Waals surface area contributed by atoms with Crippen molar-refractivity contribution in [2.24, 2.45) is 5.92 Å². The van der Waals surface area contributed by atoms with Crippen LogP contribution in [0.25, 0.3) is 0 Å². The normalized spacial score (nSPS) is 10.5. The average molecular weight is 241 g/mol. The van der Waals surface area contributed by atoms with E-state index in [1.54, 1.807) is 26.0 Å². The van der Waals surface area contributed by atoms with Crippen molar-refractivity contribution < 1.29 is 14.7 Å². The third-order valence-corrected chi connectivity index (χ3v) is 2.55. The molecular formula is C12H13ClO3. The number of Topliss-reactive ketones (excluding diaryl/α,β-unsaturated/α-hetero) is 1. The fourth-order valence-corrected chi connectivity index (χ4v) is 1.47. The highest BCUT2D eigenvalue weighted by Gasteiger charge is 2.15. The number of benzene rings is 1. The number of aromatic carboxylic acids is 1. The highest BCUT2D eigenvalue weighted by atomic mass is 35.5. The molecule has 0 spiro atoms. The quantitative estimate of drug-likeness (QED) is 0.881. The van der Waals surface area contributed by atoms with Gasteiger partial charge in [-0.15, -0.1) is 0 Å². The molecule has 1 aromatic carbocycles. The number of hydrogen-bond acceptors (Lipinski definition) is 2. The van der Waals surface area contributed by atoms with E-state index in [4.69, 9.17) is 16.7 Å². The van der Waals surface area contributed by atoms with Crippen molar-refractivity contribution in [2.45, 2.75) is 20.3 Å². The Morgan fingerprint density at radius 2 is 2.00 bits per heavy atom. The van der Waals surface area contributed by atoms with Crippen LogP contribution in [0.2, 0.25) is 5.02 Å². The van der Waals surface area contributed by atoms with Gasteiger partial charge in [0.05, 0.1) is 5.56 Å². The second-order valence-corrected chi connectivity index (χ2v) is 4.34. The number of carboxylic acid groups (broad SMARTS) is 1. The molecule has 86 valence electrons.